The summed E-state index contributed by atoms with van der Waals surface area (Å²) in [5, 5.41) is 22.3. The highest BCUT2D eigenvalue weighted by atomic mass is 16.6. The van der Waals surface area contributed by atoms with Gasteiger partial charge < -0.3 is 19.7 Å². The lowest BCUT2D eigenvalue weighted by Gasteiger charge is -2.49. The van der Waals surface area contributed by atoms with Gasteiger partial charge in [-0.25, -0.2) is 4.79 Å². The number of rotatable bonds is 2. The van der Waals surface area contributed by atoms with Crippen LogP contribution in [0.2, 0.25) is 0 Å². The predicted molar refractivity (Wildman–Crippen MR) is 71.1 cm³/mol. The second kappa shape index (κ2) is 3.79. The number of hydroxylamine groups is 2. The Bertz CT molecular complexity index is 550. The Kier molecular flexibility index (Phi) is 2.51. The Morgan fingerprint density at radius 2 is 2.16 bits per heavy atom. The van der Waals surface area contributed by atoms with Crippen molar-refractivity contribution in [2.45, 2.75) is 25.3 Å². The summed E-state index contributed by atoms with van der Waals surface area (Å²) in [6.07, 6.45) is 0. The van der Waals surface area contributed by atoms with Gasteiger partial charge >= 0.3 is 5.97 Å². The maximum atomic E-state index is 13.2. The molecule has 1 N–H and O–H groups in total. The normalized spacial score (nSPS) is 28.8. The SMILES string of the molecule is CC1(C)C[N+]([O-])(C2COC2)c2cc(C(=O)O)ccc21. The quantitative estimate of drug-likeness (QED) is 0.653. The van der Waals surface area contributed by atoms with E-state index in [1.807, 2.05) is 13.8 Å². The van der Waals surface area contributed by atoms with E-state index in [1.54, 1.807) is 12.1 Å². The Balaban J connectivity index is 2.14. The fourth-order valence-corrected chi connectivity index (χ4v) is 3.10. The van der Waals surface area contributed by atoms with Crippen LogP contribution in [0.25, 0.3) is 0 Å². The van der Waals surface area contributed by atoms with Gasteiger partial charge in [-0.3, -0.25) is 0 Å². The van der Waals surface area contributed by atoms with Gasteiger partial charge in [-0.1, -0.05) is 19.9 Å². The molecule has 5 heteroatoms. The van der Waals surface area contributed by atoms with Crippen LogP contribution in [0.1, 0.15) is 29.8 Å². The van der Waals surface area contributed by atoms with Crippen molar-refractivity contribution in [2.75, 3.05) is 19.8 Å². The zero-order valence-electron chi connectivity index (χ0n) is 11.0. The second-order valence-corrected chi connectivity index (χ2v) is 6.07. The van der Waals surface area contributed by atoms with Crippen LogP contribution in [0.15, 0.2) is 18.2 Å². The van der Waals surface area contributed by atoms with Gasteiger partial charge in [0.05, 0.1) is 12.1 Å². The molecule has 102 valence electrons. The molecular weight excluding hydrogens is 246 g/mol. The summed E-state index contributed by atoms with van der Waals surface area (Å²) in [5.74, 6) is -0.996. The van der Waals surface area contributed by atoms with Crippen molar-refractivity contribution in [3.05, 3.63) is 34.5 Å². The lowest BCUT2D eigenvalue weighted by molar-refractivity contribution is -0.0458. The van der Waals surface area contributed by atoms with Crippen molar-refractivity contribution in [1.29, 1.82) is 0 Å². The molecule has 1 atom stereocenters. The Morgan fingerprint density at radius 3 is 2.68 bits per heavy atom. The highest BCUT2D eigenvalue weighted by molar-refractivity contribution is 5.89. The molecule has 2 aliphatic heterocycles. The number of aromatic carboxylic acids is 1. The summed E-state index contributed by atoms with van der Waals surface area (Å²) in [4.78, 5) is 11.1. The van der Waals surface area contributed by atoms with Gasteiger partial charge in [0.1, 0.15) is 24.9 Å². The molecule has 3 rings (SSSR count). The van der Waals surface area contributed by atoms with Crippen LogP contribution in [-0.4, -0.2) is 36.9 Å². The van der Waals surface area contributed by atoms with Gasteiger partial charge in [0, 0.05) is 17.0 Å². The Labute approximate surface area is 111 Å². The standard InChI is InChI=1S/C14H17NO4/c1-14(2)8-15(18,10-6-19-7-10)12-5-9(13(16)17)3-4-11(12)14/h3-5,10H,6-8H2,1-2H3,(H,16,17). The third-order valence-corrected chi connectivity index (χ3v) is 4.22. The number of fused-ring (bicyclic) bond motifs is 1. The van der Waals surface area contributed by atoms with Crippen molar-refractivity contribution < 1.29 is 14.6 Å². The Hall–Kier alpha value is -1.43. The van der Waals surface area contributed by atoms with Gasteiger partial charge in [-0.15, -0.1) is 0 Å². The molecule has 1 fully saturated rings. The summed E-state index contributed by atoms with van der Waals surface area (Å²) < 4.78 is 4.69. The lowest BCUT2D eigenvalue weighted by atomic mass is 9.86. The summed E-state index contributed by atoms with van der Waals surface area (Å²) in [5.41, 5.74) is 1.50. The van der Waals surface area contributed by atoms with E-state index in [9.17, 15) is 10.0 Å². The molecule has 5 nitrogen and oxygen atoms in total. The van der Waals surface area contributed by atoms with Crippen molar-refractivity contribution in [3.8, 4) is 0 Å². The average Bonchev–Trinajstić information content (AvgIpc) is 2.43. The van der Waals surface area contributed by atoms with E-state index < -0.39 is 10.6 Å². The molecule has 1 unspecified atom stereocenters. The first-order valence-electron chi connectivity index (χ1n) is 6.39. The van der Waals surface area contributed by atoms with Gasteiger partial charge in [0.25, 0.3) is 0 Å². The third kappa shape index (κ3) is 1.69. The van der Waals surface area contributed by atoms with Crippen LogP contribution in [0, 0.1) is 5.21 Å². The van der Waals surface area contributed by atoms with Crippen LogP contribution in [0.3, 0.4) is 0 Å². The largest absolute Gasteiger partial charge is 0.627 e. The molecule has 2 aliphatic rings. The number of nitrogens with zero attached hydrogens (tertiary/aromatic N) is 1. The van der Waals surface area contributed by atoms with Crippen molar-refractivity contribution in [1.82, 2.24) is 4.65 Å². The van der Waals surface area contributed by atoms with Crippen molar-refractivity contribution in [3.63, 3.8) is 0 Å². The summed E-state index contributed by atoms with van der Waals surface area (Å²) >= 11 is 0. The van der Waals surface area contributed by atoms with Crippen LogP contribution in [0.4, 0.5) is 5.69 Å². The van der Waals surface area contributed by atoms with E-state index >= 15 is 0 Å². The van der Waals surface area contributed by atoms with E-state index in [2.05, 4.69) is 0 Å². The van der Waals surface area contributed by atoms with E-state index in [0.29, 0.717) is 25.4 Å². The van der Waals surface area contributed by atoms with E-state index in [0.717, 1.165) is 5.56 Å². The number of hydrogen-bond acceptors (Lipinski definition) is 3. The molecule has 0 saturated carbocycles. The molecule has 2 heterocycles. The Morgan fingerprint density at radius 1 is 1.47 bits per heavy atom. The molecule has 19 heavy (non-hydrogen) atoms. The number of carbonyl (C=O) groups is 1. The number of ether oxygens (including phenoxy) is 1. The van der Waals surface area contributed by atoms with E-state index in [1.165, 1.54) is 6.07 Å². The first-order chi connectivity index (χ1) is 8.84. The zero-order valence-corrected chi connectivity index (χ0v) is 11.0. The first kappa shape index (κ1) is 12.6. The van der Waals surface area contributed by atoms with Crippen molar-refractivity contribution in [2.24, 2.45) is 0 Å². The minimum absolute atomic E-state index is 0.107. The first-order valence-corrected chi connectivity index (χ1v) is 6.39. The number of quaternary nitrogens is 1. The van der Waals surface area contributed by atoms with Gasteiger partial charge in [-0.05, 0) is 6.07 Å². The lowest BCUT2D eigenvalue weighted by Crippen LogP contribution is -2.61. The predicted octanol–water partition coefficient (Wildman–Crippen LogP) is 1.88. The zero-order chi connectivity index (χ0) is 13.8. The molecule has 0 bridgehead atoms. The van der Waals surface area contributed by atoms with Gasteiger partial charge in [0.2, 0.25) is 0 Å². The maximum Gasteiger partial charge on any atom is 0.335 e. The smallest absolute Gasteiger partial charge is 0.335 e. The number of benzene rings is 1. The molecular formula is C14H17NO4. The molecule has 0 radical (unpaired) electrons. The average molecular weight is 263 g/mol. The molecule has 0 spiro atoms. The second-order valence-electron chi connectivity index (χ2n) is 6.07. The van der Waals surface area contributed by atoms with Crippen molar-refractivity contribution >= 4 is 11.7 Å². The van der Waals surface area contributed by atoms with Gasteiger partial charge in [-0.2, -0.15) is 0 Å². The minimum Gasteiger partial charge on any atom is -0.627 e. The van der Waals surface area contributed by atoms with E-state index in [-0.39, 0.29) is 17.0 Å². The fraction of sp³-hybridized carbons (Fsp3) is 0.500. The monoisotopic (exact) mass is 263 g/mol. The third-order valence-electron chi connectivity index (χ3n) is 4.22. The molecule has 0 aromatic heterocycles. The molecule has 1 aromatic rings. The molecule has 1 saturated heterocycles. The summed E-state index contributed by atoms with van der Waals surface area (Å²) in [7, 11) is 0. The van der Waals surface area contributed by atoms with Crippen LogP contribution in [-0.2, 0) is 10.2 Å². The van der Waals surface area contributed by atoms with Crippen LogP contribution < -0.4 is 4.65 Å². The van der Waals surface area contributed by atoms with Gasteiger partial charge in [0.15, 0.2) is 0 Å². The maximum absolute atomic E-state index is 13.2. The minimum atomic E-state index is -0.996. The highest BCUT2D eigenvalue weighted by Crippen LogP contribution is 2.47. The van der Waals surface area contributed by atoms with Crippen LogP contribution in [0.5, 0.6) is 0 Å². The van der Waals surface area contributed by atoms with E-state index in [4.69, 9.17) is 9.84 Å². The van der Waals surface area contributed by atoms with Crippen LogP contribution >= 0.6 is 0 Å². The highest BCUT2D eigenvalue weighted by Gasteiger charge is 2.50. The molecule has 0 amide bonds. The molecule has 0 aliphatic carbocycles. The number of carboxylic acids is 1. The summed E-state index contributed by atoms with van der Waals surface area (Å²) in [6.45, 7) is 5.42. The fourth-order valence-electron chi connectivity index (χ4n) is 3.10. The summed E-state index contributed by atoms with van der Waals surface area (Å²) in [6, 6.07) is 4.80. The number of carboxylic acid groups (broad SMARTS) is 1. The molecule has 1 aromatic carbocycles. The topological polar surface area (TPSA) is 69.6 Å². The number of hydrogen-bond donors (Lipinski definition) is 1.